The molecule has 0 aliphatic rings. The summed E-state index contributed by atoms with van der Waals surface area (Å²) in [7, 11) is 0. The average molecular weight is 349 g/mol. The Kier molecular flexibility index (Phi) is 5.61. The summed E-state index contributed by atoms with van der Waals surface area (Å²) < 4.78 is 5.12. The molecule has 1 amide bonds. The van der Waals surface area contributed by atoms with E-state index in [9.17, 15) is 9.59 Å². The minimum atomic E-state index is -0.740. The number of carbonyl (C=O) groups excluding carboxylic acids is 2. The first kappa shape index (κ1) is 17.6. The van der Waals surface area contributed by atoms with Gasteiger partial charge in [-0.1, -0.05) is 60.2 Å². The number of nitrogens with two attached hydrogens (primary N) is 1. The van der Waals surface area contributed by atoms with Crippen LogP contribution in [-0.2, 0) is 6.54 Å². The minimum Gasteiger partial charge on any atom is -0.459 e. The number of furan rings is 1. The molecule has 1 heterocycles. The van der Waals surface area contributed by atoms with Gasteiger partial charge in [0.1, 0.15) is 6.54 Å². The summed E-state index contributed by atoms with van der Waals surface area (Å²) in [4.78, 5) is 25.2. The highest BCUT2D eigenvalue weighted by molar-refractivity contribution is 6.02. The maximum Gasteiger partial charge on any atom is 0.291 e. The molecular formula is C21H21N2O3+. The van der Waals surface area contributed by atoms with Crippen molar-refractivity contribution in [2.45, 2.75) is 19.6 Å². The van der Waals surface area contributed by atoms with Crippen LogP contribution in [-0.4, -0.2) is 17.9 Å². The molecule has 3 aromatic rings. The smallest absolute Gasteiger partial charge is 0.291 e. The van der Waals surface area contributed by atoms with E-state index in [1.165, 1.54) is 6.26 Å². The molecule has 2 aromatic carbocycles. The number of quaternary nitrogens is 1. The largest absolute Gasteiger partial charge is 0.459 e. The number of nitrogens with one attached hydrogen (secondary N) is 1. The molecule has 5 heteroatoms. The summed E-state index contributed by atoms with van der Waals surface area (Å²) in [5, 5.41) is 4.58. The van der Waals surface area contributed by atoms with Gasteiger partial charge in [0, 0.05) is 11.1 Å². The Labute approximate surface area is 152 Å². The number of hydrogen-bond donors (Lipinski definition) is 2. The lowest BCUT2D eigenvalue weighted by atomic mass is 10.1. The van der Waals surface area contributed by atoms with E-state index in [1.807, 2.05) is 54.7 Å². The molecule has 26 heavy (non-hydrogen) atoms. The number of hydrogen-bond acceptors (Lipinski definition) is 3. The SMILES string of the molecule is Cc1ccc(C(=O)[C@H](NC(=O)c2ccco2)[NH2+]Cc2ccccc2)cc1. The number of benzene rings is 2. The molecule has 0 aliphatic heterocycles. The van der Waals surface area contributed by atoms with Gasteiger partial charge in [0.05, 0.1) is 6.26 Å². The van der Waals surface area contributed by atoms with Crippen molar-refractivity contribution in [1.29, 1.82) is 0 Å². The zero-order valence-corrected chi connectivity index (χ0v) is 14.5. The third-order valence-electron chi connectivity index (χ3n) is 4.08. The van der Waals surface area contributed by atoms with Crippen molar-refractivity contribution in [2.24, 2.45) is 0 Å². The molecule has 0 aliphatic carbocycles. The first-order valence-corrected chi connectivity index (χ1v) is 8.46. The molecule has 132 valence electrons. The van der Waals surface area contributed by atoms with Gasteiger partial charge in [-0.2, -0.15) is 0 Å². The first-order chi connectivity index (χ1) is 12.6. The fourth-order valence-electron chi connectivity index (χ4n) is 2.62. The van der Waals surface area contributed by atoms with Gasteiger partial charge in [0.25, 0.3) is 5.91 Å². The molecule has 3 N–H and O–H groups in total. The van der Waals surface area contributed by atoms with Gasteiger partial charge < -0.3 is 9.73 Å². The summed E-state index contributed by atoms with van der Waals surface area (Å²) >= 11 is 0. The van der Waals surface area contributed by atoms with Crippen LogP contribution in [0.3, 0.4) is 0 Å². The predicted octanol–water partition coefficient (Wildman–Crippen LogP) is 2.29. The van der Waals surface area contributed by atoms with E-state index in [1.54, 1.807) is 24.3 Å². The van der Waals surface area contributed by atoms with Crippen molar-refractivity contribution in [2.75, 3.05) is 0 Å². The van der Waals surface area contributed by atoms with Crippen molar-refractivity contribution in [3.05, 3.63) is 95.4 Å². The van der Waals surface area contributed by atoms with Gasteiger partial charge in [-0.25, -0.2) is 0 Å². The van der Waals surface area contributed by atoms with Crippen molar-refractivity contribution >= 4 is 11.7 Å². The Bertz CT molecular complexity index is 856. The zero-order valence-electron chi connectivity index (χ0n) is 14.5. The lowest BCUT2D eigenvalue weighted by Gasteiger charge is -2.16. The topological polar surface area (TPSA) is 75.9 Å². The highest BCUT2D eigenvalue weighted by Gasteiger charge is 2.26. The highest BCUT2D eigenvalue weighted by atomic mass is 16.3. The van der Waals surface area contributed by atoms with E-state index >= 15 is 0 Å². The van der Waals surface area contributed by atoms with E-state index < -0.39 is 12.1 Å². The van der Waals surface area contributed by atoms with Gasteiger partial charge in [-0.05, 0) is 19.1 Å². The van der Waals surface area contributed by atoms with Crippen LogP contribution in [0.1, 0.15) is 32.0 Å². The maximum atomic E-state index is 12.9. The highest BCUT2D eigenvalue weighted by Crippen LogP contribution is 2.06. The van der Waals surface area contributed by atoms with E-state index in [0.717, 1.165) is 11.1 Å². The normalized spacial score (nSPS) is 11.7. The van der Waals surface area contributed by atoms with Crippen LogP contribution in [0.2, 0.25) is 0 Å². The monoisotopic (exact) mass is 349 g/mol. The van der Waals surface area contributed by atoms with Crippen LogP contribution >= 0.6 is 0 Å². The van der Waals surface area contributed by atoms with E-state index in [-0.39, 0.29) is 11.5 Å². The standard InChI is InChI=1S/C21H20N2O3/c1-15-9-11-17(12-10-15)19(24)20(22-14-16-6-3-2-4-7-16)23-21(25)18-8-5-13-26-18/h2-13,20,22H,14H2,1H3,(H,23,25)/p+1/t20-/m0/s1. The molecule has 0 unspecified atom stereocenters. The molecule has 0 bridgehead atoms. The number of Topliss-reactive ketones (excluding diaryl/α,β-unsaturated/α-hetero) is 1. The predicted molar refractivity (Wildman–Crippen MR) is 97.5 cm³/mol. The second-order valence-electron chi connectivity index (χ2n) is 6.08. The van der Waals surface area contributed by atoms with E-state index in [0.29, 0.717) is 12.1 Å². The minimum absolute atomic E-state index is 0.152. The molecule has 3 rings (SSSR count). The molecule has 5 nitrogen and oxygen atoms in total. The Morgan fingerprint density at radius 2 is 1.73 bits per heavy atom. The van der Waals surface area contributed by atoms with Crippen LogP contribution < -0.4 is 10.6 Å². The number of amides is 1. The molecule has 1 aromatic heterocycles. The molecule has 0 radical (unpaired) electrons. The molecule has 1 atom stereocenters. The number of ketones is 1. The Hall–Kier alpha value is -3.18. The Morgan fingerprint density at radius 1 is 1.00 bits per heavy atom. The molecule has 0 fully saturated rings. The van der Waals surface area contributed by atoms with E-state index in [4.69, 9.17) is 4.42 Å². The van der Waals surface area contributed by atoms with Gasteiger partial charge in [-0.15, -0.1) is 0 Å². The fourth-order valence-corrected chi connectivity index (χ4v) is 2.62. The number of carbonyl (C=O) groups is 2. The summed E-state index contributed by atoms with van der Waals surface area (Å²) in [6, 6.07) is 20.3. The third kappa shape index (κ3) is 4.46. The van der Waals surface area contributed by atoms with Crippen LogP contribution in [0.15, 0.2) is 77.4 Å². The zero-order chi connectivity index (χ0) is 18.4. The number of rotatable bonds is 7. The second-order valence-corrected chi connectivity index (χ2v) is 6.08. The Morgan fingerprint density at radius 3 is 2.38 bits per heavy atom. The molecule has 0 spiro atoms. The number of aryl methyl sites for hydroxylation is 1. The van der Waals surface area contributed by atoms with Crippen molar-refractivity contribution in [3.63, 3.8) is 0 Å². The quantitative estimate of drug-likeness (QED) is 0.508. The fraction of sp³-hybridized carbons (Fsp3) is 0.143. The molecular weight excluding hydrogens is 328 g/mol. The molecule has 0 saturated carbocycles. The Balaban J connectivity index is 1.76. The molecule has 0 saturated heterocycles. The van der Waals surface area contributed by atoms with Gasteiger partial charge >= 0.3 is 0 Å². The lowest BCUT2D eigenvalue weighted by molar-refractivity contribution is -0.693. The van der Waals surface area contributed by atoms with Crippen molar-refractivity contribution < 1.29 is 19.3 Å². The average Bonchev–Trinajstić information content (AvgIpc) is 3.21. The van der Waals surface area contributed by atoms with Crippen LogP contribution in [0.25, 0.3) is 0 Å². The van der Waals surface area contributed by atoms with Gasteiger partial charge in [0.15, 0.2) is 5.76 Å². The van der Waals surface area contributed by atoms with Gasteiger partial charge in [-0.3, -0.25) is 14.9 Å². The van der Waals surface area contributed by atoms with Crippen LogP contribution in [0, 0.1) is 6.92 Å². The summed E-state index contributed by atoms with van der Waals surface area (Å²) in [6.45, 7) is 2.54. The van der Waals surface area contributed by atoms with E-state index in [2.05, 4.69) is 5.32 Å². The third-order valence-corrected chi connectivity index (χ3v) is 4.08. The maximum absolute atomic E-state index is 12.9. The van der Waals surface area contributed by atoms with Crippen LogP contribution in [0.5, 0.6) is 0 Å². The van der Waals surface area contributed by atoms with Crippen molar-refractivity contribution in [1.82, 2.24) is 5.32 Å². The van der Waals surface area contributed by atoms with Crippen molar-refractivity contribution in [3.8, 4) is 0 Å². The van der Waals surface area contributed by atoms with Crippen LogP contribution in [0.4, 0.5) is 0 Å². The lowest BCUT2D eigenvalue weighted by Crippen LogP contribution is -2.94. The summed E-state index contributed by atoms with van der Waals surface area (Å²) in [5.41, 5.74) is 2.71. The second kappa shape index (κ2) is 8.27. The summed E-state index contributed by atoms with van der Waals surface area (Å²) in [5.74, 6) is -0.384. The van der Waals surface area contributed by atoms with Gasteiger partial charge in [0.2, 0.25) is 11.9 Å². The first-order valence-electron chi connectivity index (χ1n) is 8.46. The summed E-state index contributed by atoms with van der Waals surface area (Å²) in [6.07, 6.45) is 0.690.